The van der Waals surface area contributed by atoms with Gasteiger partial charge in [-0.1, -0.05) is 63.0 Å². The number of benzene rings is 2. The van der Waals surface area contributed by atoms with Crippen molar-refractivity contribution in [2.75, 3.05) is 13.1 Å². The van der Waals surface area contributed by atoms with Crippen molar-refractivity contribution in [2.24, 2.45) is 11.3 Å². The minimum atomic E-state index is -0.683. The summed E-state index contributed by atoms with van der Waals surface area (Å²) in [5.74, 6) is -0.704. The maximum absolute atomic E-state index is 13.6. The number of piperidine rings is 1. The Morgan fingerprint density at radius 3 is 1.97 bits per heavy atom. The normalized spacial score (nSPS) is 20.3. The Morgan fingerprint density at radius 1 is 0.943 bits per heavy atom. The Labute approximate surface area is 217 Å². The van der Waals surface area contributed by atoms with Crippen LogP contribution < -0.4 is 10.6 Å². The summed E-state index contributed by atoms with van der Waals surface area (Å²) in [4.78, 5) is 40.5. The van der Waals surface area contributed by atoms with Gasteiger partial charge in [-0.25, -0.2) is 0 Å². The lowest BCUT2D eigenvalue weighted by molar-refractivity contribution is -0.141. The van der Waals surface area contributed by atoms with Gasteiger partial charge in [-0.3, -0.25) is 14.4 Å². The molecule has 1 fully saturated rings. The molecule has 6 nitrogen and oxygen atoms in total. The molecular formula is C27H33Cl2N3O3. The smallest absolute Gasteiger partial charge is 0.251 e. The Kier molecular flexibility index (Phi) is 8.17. The van der Waals surface area contributed by atoms with E-state index in [0.717, 1.165) is 5.56 Å². The van der Waals surface area contributed by atoms with Crippen LogP contribution in [0.5, 0.6) is 0 Å². The fourth-order valence-electron chi connectivity index (χ4n) is 4.93. The second-order valence-corrected chi connectivity index (χ2v) is 11.1. The number of carbonyl (C=O) groups excluding carboxylic acids is 3. The van der Waals surface area contributed by atoms with E-state index in [1.54, 1.807) is 29.2 Å². The lowest BCUT2D eigenvalue weighted by Crippen LogP contribution is -2.65. The molecule has 1 aliphatic rings. The van der Waals surface area contributed by atoms with E-state index < -0.39 is 17.0 Å². The fraction of sp³-hybridized carbons (Fsp3) is 0.444. The summed E-state index contributed by atoms with van der Waals surface area (Å²) in [7, 11) is 0. The molecule has 0 unspecified atom stereocenters. The van der Waals surface area contributed by atoms with Gasteiger partial charge >= 0.3 is 0 Å². The quantitative estimate of drug-likeness (QED) is 0.563. The van der Waals surface area contributed by atoms with Gasteiger partial charge in [-0.05, 0) is 54.3 Å². The van der Waals surface area contributed by atoms with Gasteiger partial charge in [0.05, 0.1) is 5.54 Å². The first kappa shape index (κ1) is 27.0. The summed E-state index contributed by atoms with van der Waals surface area (Å²) in [6, 6.07) is 13.4. The van der Waals surface area contributed by atoms with E-state index in [1.807, 2.05) is 52.0 Å². The molecule has 2 aromatic rings. The monoisotopic (exact) mass is 517 g/mol. The Morgan fingerprint density at radius 2 is 1.49 bits per heavy atom. The SMILES string of the molecule is CC(=O)N[C@]1(c2ccc(Cl)cc2)CCN(C(=O)[C@H](NC(=O)c2ccc(Cl)cc2)C(C)C)CC1(C)C. The number of amides is 3. The number of likely N-dealkylation sites (tertiary alicyclic amines) is 1. The molecule has 188 valence electrons. The summed E-state index contributed by atoms with van der Waals surface area (Å²) in [5, 5.41) is 7.26. The number of halogens is 2. The molecule has 0 spiro atoms. The number of rotatable bonds is 6. The largest absolute Gasteiger partial charge is 0.346 e. The molecule has 3 rings (SSSR count). The van der Waals surface area contributed by atoms with E-state index in [2.05, 4.69) is 10.6 Å². The number of nitrogens with one attached hydrogen (secondary N) is 2. The third kappa shape index (κ3) is 5.81. The fourth-order valence-corrected chi connectivity index (χ4v) is 5.18. The van der Waals surface area contributed by atoms with Crippen LogP contribution >= 0.6 is 23.2 Å². The molecule has 1 heterocycles. The van der Waals surface area contributed by atoms with Gasteiger partial charge in [-0.15, -0.1) is 0 Å². The van der Waals surface area contributed by atoms with Crippen LogP contribution in [0.15, 0.2) is 48.5 Å². The Balaban J connectivity index is 1.84. The first-order chi connectivity index (χ1) is 16.4. The highest BCUT2D eigenvalue weighted by Crippen LogP contribution is 2.46. The van der Waals surface area contributed by atoms with Crippen LogP contribution in [0.25, 0.3) is 0 Å². The highest BCUT2D eigenvalue weighted by Gasteiger charge is 2.52. The molecule has 3 amide bonds. The molecule has 0 aliphatic carbocycles. The predicted molar refractivity (Wildman–Crippen MR) is 139 cm³/mol. The van der Waals surface area contributed by atoms with E-state index in [1.165, 1.54) is 6.92 Å². The number of nitrogens with zero attached hydrogens (tertiary/aromatic N) is 1. The minimum Gasteiger partial charge on any atom is -0.346 e. The van der Waals surface area contributed by atoms with Crippen molar-refractivity contribution in [3.05, 3.63) is 69.7 Å². The molecule has 1 aliphatic heterocycles. The average Bonchev–Trinajstić information content (AvgIpc) is 2.78. The van der Waals surface area contributed by atoms with Gasteiger partial charge in [0, 0.05) is 41.0 Å². The van der Waals surface area contributed by atoms with E-state index in [0.29, 0.717) is 35.1 Å². The molecular weight excluding hydrogens is 485 g/mol. The molecule has 0 bridgehead atoms. The number of carbonyl (C=O) groups is 3. The molecule has 2 atom stereocenters. The highest BCUT2D eigenvalue weighted by molar-refractivity contribution is 6.30. The van der Waals surface area contributed by atoms with Crippen LogP contribution in [-0.2, 0) is 15.1 Å². The second-order valence-electron chi connectivity index (χ2n) is 10.2. The molecule has 0 saturated carbocycles. The van der Waals surface area contributed by atoms with Crippen LogP contribution in [0.2, 0.25) is 10.0 Å². The average molecular weight is 518 g/mol. The van der Waals surface area contributed by atoms with Crippen molar-refractivity contribution in [1.82, 2.24) is 15.5 Å². The van der Waals surface area contributed by atoms with Crippen LogP contribution in [0, 0.1) is 11.3 Å². The van der Waals surface area contributed by atoms with E-state index in [4.69, 9.17) is 23.2 Å². The molecule has 0 aromatic heterocycles. The molecule has 1 saturated heterocycles. The third-order valence-electron chi connectivity index (χ3n) is 6.86. The second kappa shape index (κ2) is 10.6. The van der Waals surface area contributed by atoms with E-state index in [9.17, 15) is 14.4 Å². The molecule has 2 aromatic carbocycles. The lowest BCUT2D eigenvalue weighted by Gasteiger charge is -2.54. The molecule has 35 heavy (non-hydrogen) atoms. The molecule has 2 N–H and O–H groups in total. The first-order valence-electron chi connectivity index (χ1n) is 11.8. The summed E-state index contributed by atoms with van der Waals surface area (Å²) in [5.41, 5.74) is 0.229. The van der Waals surface area contributed by atoms with Gasteiger partial charge < -0.3 is 15.5 Å². The van der Waals surface area contributed by atoms with Gasteiger partial charge in [0.2, 0.25) is 11.8 Å². The van der Waals surface area contributed by atoms with Crippen molar-refractivity contribution in [1.29, 1.82) is 0 Å². The van der Waals surface area contributed by atoms with Crippen molar-refractivity contribution >= 4 is 40.9 Å². The third-order valence-corrected chi connectivity index (χ3v) is 7.37. The zero-order chi connectivity index (χ0) is 26.0. The Hall–Kier alpha value is -2.57. The van der Waals surface area contributed by atoms with E-state index >= 15 is 0 Å². The van der Waals surface area contributed by atoms with Crippen LogP contribution in [0.3, 0.4) is 0 Å². The summed E-state index contributed by atoms with van der Waals surface area (Å²) < 4.78 is 0. The van der Waals surface area contributed by atoms with Gasteiger partial charge in [0.25, 0.3) is 5.91 Å². The van der Waals surface area contributed by atoms with Crippen LogP contribution in [-0.4, -0.2) is 41.8 Å². The summed E-state index contributed by atoms with van der Waals surface area (Å²) in [6.45, 7) is 10.3. The van der Waals surface area contributed by atoms with E-state index in [-0.39, 0.29) is 23.6 Å². The minimum absolute atomic E-state index is 0.111. The van der Waals surface area contributed by atoms with Crippen LogP contribution in [0.4, 0.5) is 0 Å². The van der Waals surface area contributed by atoms with Crippen LogP contribution in [0.1, 0.15) is 57.0 Å². The number of hydrogen-bond donors (Lipinski definition) is 2. The van der Waals surface area contributed by atoms with Crippen molar-refractivity contribution in [3.63, 3.8) is 0 Å². The predicted octanol–water partition coefficient (Wildman–Crippen LogP) is 5.04. The zero-order valence-corrected chi connectivity index (χ0v) is 22.3. The maximum atomic E-state index is 13.6. The first-order valence-corrected chi connectivity index (χ1v) is 12.5. The zero-order valence-electron chi connectivity index (χ0n) is 20.8. The highest BCUT2D eigenvalue weighted by atomic mass is 35.5. The standard InChI is InChI=1S/C27H33Cl2N3O3/c1-17(2)23(30-24(34)19-6-10-21(28)11-7-19)25(35)32-15-14-27(31-18(3)33,26(4,5)16-32)20-8-12-22(29)13-9-20/h6-13,17,23H,14-16H2,1-5H3,(H,30,34)(H,31,33)/t23-,27+/m1/s1. The summed E-state index contributed by atoms with van der Waals surface area (Å²) in [6.07, 6.45) is 0.531. The van der Waals surface area contributed by atoms with Crippen molar-refractivity contribution in [2.45, 2.75) is 52.6 Å². The van der Waals surface area contributed by atoms with Gasteiger partial charge in [0.1, 0.15) is 6.04 Å². The van der Waals surface area contributed by atoms with Crippen molar-refractivity contribution < 1.29 is 14.4 Å². The topological polar surface area (TPSA) is 78.5 Å². The summed E-state index contributed by atoms with van der Waals surface area (Å²) >= 11 is 12.0. The van der Waals surface area contributed by atoms with Gasteiger partial charge in [-0.2, -0.15) is 0 Å². The maximum Gasteiger partial charge on any atom is 0.251 e. The lowest BCUT2D eigenvalue weighted by atomic mass is 9.63. The molecule has 8 heteroatoms. The van der Waals surface area contributed by atoms with Gasteiger partial charge in [0.15, 0.2) is 0 Å². The van der Waals surface area contributed by atoms with Crippen molar-refractivity contribution in [3.8, 4) is 0 Å². The molecule has 0 radical (unpaired) electrons. The number of hydrogen-bond acceptors (Lipinski definition) is 3. The Bertz CT molecular complexity index is 1080.